The Morgan fingerprint density at radius 1 is 1.00 bits per heavy atom. The predicted octanol–water partition coefficient (Wildman–Crippen LogP) is 4.42. The first-order valence-corrected chi connectivity index (χ1v) is 8.61. The third-order valence-corrected chi connectivity index (χ3v) is 3.94. The molecule has 0 spiro atoms. The van der Waals surface area contributed by atoms with Crippen LogP contribution in [-0.2, 0) is 4.79 Å². The Bertz CT molecular complexity index is 835. The molecule has 0 heterocycles. The number of amides is 1. The second-order valence-corrected chi connectivity index (χ2v) is 5.76. The van der Waals surface area contributed by atoms with E-state index in [1.165, 1.54) is 20.3 Å². The Morgan fingerprint density at radius 3 is 2.33 bits per heavy atom. The molecule has 0 saturated heterocycles. The highest BCUT2D eigenvalue weighted by Crippen LogP contribution is 2.36. The highest BCUT2D eigenvalue weighted by atomic mass is 35.5. The fourth-order valence-corrected chi connectivity index (χ4v) is 2.60. The van der Waals surface area contributed by atoms with Crippen LogP contribution >= 0.6 is 11.6 Å². The Hall–Kier alpha value is -2.86. The van der Waals surface area contributed by atoms with Gasteiger partial charge in [-0.1, -0.05) is 17.7 Å². The van der Waals surface area contributed by atoms with E-state index in [0.29, 0.717) is 40.3 Å². The van der Waals surface area contributed by atoms with Crippen molar-refractivity contribution in [2.24, 2.45) is 0 Å². The first-order valence-electron chi connectivity index (χ1n) is 8.23. The summed E-state index contributed by atoms with van der Waals surface area (Å²) in [6, 6.07) is 8.61. The number of benzene rings is 2. The monoisotopic (exact) mass is 391 g/mol. The molecular weight excluding hydrogens is 370 g/mol. The van der Waals surface area contributed by atoms with Crippen molar-refractivity contribution in [2.45, 2.75) is 6.92 Å². The molecule has 2 aromatic carbocycles. The summed E-state index contributed by atoms with van der Waals surface area (Å²) in [5.41, 5.74) is 1.25. The van der Waals surface area contributed by atoms with Gasteiger partial charge in [-0.2, -0.15) is 0 Å². The van der Waals surface area contributed by atoms with Gasteiger partial charge in [-0.05, 0) is 30.7 Å². The van der Waals surface area contributed by atoms with Crippen LogP contribution in [0, 0.1) is 0 Å². The van der Waals surface area contributed by atoms with Gasteiger partial charge in [0, 0.05) is 18.2 Å². The maximum atomic E-state index is 12.3. The lowest BCUT2D eigenvalue weighted by molar-refractivity contribution is -0.111. The minimum absolute atomic E-state index is 0.328. The zero-order valence-corrected chi connectivity index (χ0v) is 16.4. The minimum Gasteiger partial charge on any atom is -0.495 e. The Balaban J connectivity index is 2.16. The van der Waals surface area contributed by atoms with Gasteiger partial charge < -0.3 is 24.3 Å². The number of carbonyl (C=O) groups is 1. The van der Waals surface area contributed by atoms with Crippen molar-refractivity contribution in [2.75, 3.05) is 33.3 Å². The van der Waals surface area contributed by atoms with E-state index < -0.39 is 0 Å². The molecule has 0 aliphatic rings. The summed E-state index contributed by atoms with van der Waals surface area (Å²) in [4.78, 5) is 12.3. The molecule has 0 radical (unpaired) electrons. The lowest BCUT2D eigenvalue weighted by atomic mass is 10.2. The third-order valence-electron chi connectivity index (χ3n) is 3.65. The molecule has 0 atom stereocenters. The predicted molar refractivity (Wildman–Crippen MR) is 106 cm³/mol. The highest BCUT2D eigenvalue weighted by molar-refractivity contribution is 6.32. The topological polar surface area (TPSA) is 66.0 Å². The molecule has 0 unspecified atom stereocenters. The lowest BCUT2D eigenvalue weighted by Gasteiger charge is -2.12. The van der Waals surface area contributed by atoms with Crippen LogP contribution in [-0.4, -0.2) is 33.8 Å². The highest BCUT2D eigenvalue weighted by Gasteiger charge is 2.11. The summed E-state index contributed by atoms with van der Waals surface area (Å²) in [5, 5.41) is 3.14. The quantitative estimate of drug-likeness (QED) is 0.675. The van der Waals surface area contributed by atoms with Gasteiger partial charge in [-0.3, -0.25) is 4.79 Å². The van der Waals surface area contributed by atoms with Crippen molar-refractivity contribution in [3.8, 4) is 23.0 Å². The molecule has 1 N–H and O–H groups in total. The molecule has 2 rings (SSSR count). The number of rotatable bonds is 8. The zero-order valence-electron chi connectivity index (χ0n) is 15.7. The summed E-state index contributed by atoms with van der Waals surface area (Å²) in [6.45, 7) is 2.44. The van der Waals surface area contributed by atoms with Gasteiger partial charge in [0.05, 0.1) is 38.6 Å². The summed E-state index contributed by atoms with van der Waals surface area (Å²) in [5.74, 6) is 1.80. The number of hydrogen-bond acceptors (Lipinski definition) is 5. The standard InChI is InChI=1S/C20H22ClNO5/c1-5-27-16-8-6-13(10-19(16)26-4)7-9-20(23)22-15-12-17(24-2)14(21)11-18(15)25-3/h6-12H,5H2,1-4H3,(H,22,23). The first-order chi connectivity index (χ1) is 13.0. The fourth-order valence-electron chi connectivity index (χ4n) is 2.37. The number of halogens is 1. The molecular formula is C20H22ClNO5. The van der Waals surface area contributed by atoms with Gasteiger partial charge in [0.25, 0.3) is 0 Å². The number of methoxy groups -OCH3 is 3. The average Bonchev–Trinajstić information content (AvgIpc) is 2.68. The van der Waals surface area contributed by atoms with E-state index in [1.54, 1.807) is 37.5 Å². The van der Waals surface area contributed by atoms with Crippen LogP contribution in [0.25, 0.3) is 6.08 Å². The van der Waals surface area contributed by atoms with E-state index in [4.69, 9.17) is 30.5 Å². The van der Waals surface area contributed by atoms with Crippen LogP contribution < -0.4 is 24.3 Å². The van der Waals surface area contributed by atoms with E-state index in [1.807, 2.05) is 13.0 Å². The van der Waals surface area contributed by atoms with Crippen molar-refractivity contribution >= 4 is 29.3 Å². The van der Waals surface area contributed by atoms with Crippen LogP contribution in [0.3, 0.4) is 0 Å². The molecule has 0 bridgehead atoms. The molecule has 0 fully saturated rings. The molecule has 0 saturated carbocycles. The number of ether oxygens (including phenoxy) is 4. The van der Waals surface area contributed by atoms with Crippen LogP contribution in [0.5, 0.6) is 23.0 Å². The van der Waals surface area contributed by atoms with Crippen LogP contribution in [0.1, 0.15) is 12.5 Å². The first kappa shape index (κ1) is 20.5. The zero-order chi connectivity index (χ0) is 19.8. The van der Waals surface area contributed by atoms with Gasteiger partial charge in [0.15, 0.2) is 11.5 Å². The molecule has 6 nitrogen and oxygen atoms in total. The molecule has 27 heavy (non-hydrogen) atoms. The van der Waals surface area contributed by atoms with Gasteiger partial charge >= 0.3 is 0 Å². The fraction of sp³-hybridized carbons (Fsp3) is 0.250. The number of anilines is 1. The van der Waals surface area contributed by atoms with Crippen LogP contribution in [0.2, 0.25) is 5.02 Å². The smallest absolute Gasteiger partial charge is 0.248 e. The van der Waals surface area contributed by atoms with Crippen LogP contribution in [0.15, 0.2) is 36.4 Å². The minimum atomic E-state index is -0.328. The molecule has 0 aliphatic heterocycles. The van der Waals surface area contributed by atoms with Gasteiger partial charge in [-0.25, -0.2) is 0 Å². The van der Waals surface area contributed by atoms with Crippen LogP contribution in [0.4, 0.5) is 5.69 Å². The summed E-state index contributed by atoms with van der Waals surface area (Å²) < 4.78 is 21.2. The summed E-state index contributed by atoms with van der Waals surface area (Å²) in [7, 11) is 4.56. The molecule has 144 valence electrons. The third kappa shape index (κ3) is 5.31. The number of hydrogen-bond donors (Lipinski definition) is 1. The molecule has 2 aromatic rings. The maximum absolute atomic E-state index is 12.3. The van der Waals surface area contributed by atoms with E-state index in [0.717, 1.165) is 5.56 Å². The van der Waals surface area contributed by atoms with Crippen molar-refractivity contribution in [3.63, 3.8) is 0 Å². The van der Waals surface area contributed by atoms with Crippen molar-refractivity contribution in [3.05, 3.63) is 47.0 Å². The van der Waals surface area contributed by atoms with Gasteiger partial charge in [0.1, 0.15) is 11.5 Å². The normalized spacial score (nSPS) is 10.6. The number of nitrogens with one attached hydrogen (secondary N) is 1. The maximum Gasteiger partial charge on any atom is 0.248 e. The van der Waals surface area contributed by atoms with Gasteiger partial charge in [0.2, 0.25) is 5.91 Å². The molecule has 7 heteroatoms. The van der Waals surface area contributed by atoms with E-state index in [-0.39, 0.29) is 5.91 Å². The lowest BCUT2D eigenvalue weighted by Crippen LogP contribution is -2.09. The molecule has 0 aliphatic carbocycles. The Kier molecular flexibility index (Phi) is 7.37. The van der Waals surface area contributed by atoms with Crippen molar-refractivity contribution < 1.29 is 23.7 Å². The molecule has 1 amide bonds. The number of carbonyl (C=O) groups excluding carboxylic acids is 1. The van der Waals surface area contributed by atoms with Crippen molar-refractivity contribution in [1.29, 1.82) is 0 Å². The summed E-state index contributed by atoms with van der Waals surface area (Å²) in [6.07, 6.45) is 3.09. The van der Waals surface area contributed by atoms with Crippen molar-refractivity contribution in [1.82, 2.24) is 0 Å². The van der Waals surface area contributed by atoms with E-state index in [9.17, 15) is 4.79 Å². The van der Waals surface area contributed by atoms with Gasteiger partial charge in [-0.15, -0.1) is 0 Å². The van der Waals surface area contributed by atoms with E-state index in [2.05, 4.69) is 5.32 Å². The second-order valence-electron chi connectivity index (χ2n) is 5.35. The average molecular weight is 392 g/mol. The SMILES string of the molecule is CCOc1ccc(C=CC(=O)Nc2cc(OC)c(Cl)cc2OC)cc1OC. The van der Waals surface area contributed by atoms with E-state index >= 15 is 0 Å². The summed E-state index contributed by atoms with van der Waals surface area (Å²) >= 11 is 6.07. The second kappa shape index (κ2) is 9.73. The Labute approximate surface area is 163 Å². The molecule has 0 aromatic heterocycles. The largest absolute Gasteiger partial charge is 0.495 e. The Morgan fingerprint density at radius 2 is 1.70 bits per heavy atom.